The minimum atomic E-state index is -0.331. The highest BCUT2D eigenvalue weighted by atomic mass is 32.1. The summed E-state index contributed by atoms with van der Waals surface area (Å²) >= 11 is 1.27. The number of aromatic nitrogens is 2. The number of hydrogen-bond acceptors (Lipinski definition) is 5. The molecule has 0 spiro atoms. The van der Waals surface area contributed by atoms with Gasteiger partial charge in [-0.1, -0.05) is 18.2 Å². The van der Waals surface area contributed by atoms with Crippen molar-refractivity contribution in [3.05, 3.63) is 47.4 Å². The fourth-order valence-corrected chi connectivity index (χ4v) is 3.55. The largest absolute Gasteiger partial charge is 0.349 e. The van der Waals surface area contributed by atoms with Crippen molar-refractivity contribution >= 4 is 39.1 Å². The molecule has 1 aromatic carbocycles. The first-order valence-corrected chi connectivity index (χ1v) is 7.99. The summed E-state index contributed by atoms with van der Waals surface area (Å²) in [6.45, 7) is 0.349. The van der Waals surface area contributed by atoms with Crippen molar-refractivity contribution < 1.29 is 9.59 Å². The summed E-state index contributed by atoms with van der Waals surface area (Å²) in [5.74, 6) is -0.486. The van der Waals surface area contributed by atoms with E-state index >= 15 is 0 Å². The molecule has 2 amide bonds. The molecule has 0 saturated heterocycles. The molecule has 0 atom stereocenters. The Balaban J connectivity index is 1.70. The zero-order chi connectivity index (χ0) is 16.7. The molecule has 7 nitrogen and oxygen atoms in total. The van der Waals surface area contributed by atoms with E-state index in [1.165, 1.54) is 11.5 Å². The number of rotatable bonds is 2. The Kier molecular flexibility index (Phi) is 3.29. The van der Waals surface area contributed by atoms with Gasteiger partial charge in [-0.05, 0) is 23.7 Å². The van der Waals surface area contributed by atoms with Gasteiger partial charge < -0.3 is 15.2 Å². The van der Waals surface area contributed by atoms with E-state index in [4.69, 9.17) is 0 Å². The lowest BCUT2D eigenvalue weighted by Crippen LogP contribution is -2.34. The normalized spacial score (nSPS) is 13.2. The van der Waals surface area contributed by atoms with Crippen LogP contribution in [0.25, 0.3) is 10.1 Å². The predicted molar refractivity (Wildman–Crippen MR) is 88.6 cm³/mol. The molecule has 2 aromatic heterocycles. The SMILES string of the molecule is N#Cc1cc(NC(=O)c2nsc3ccccc23)c2n1CC(=O)NC2. The van der Waals surface area contributed by atoms with Crippen LogP contribution in [-0.2, 0) is 17.9 Å². The molecular formula is C16H11N5O2S. The molecular weight excluding hydrogens is 326 g/mol. The van der Waals surface area contributed by atoms with E-state index < -0.39 is 0 Å². The third-order valence-corrected chi connectivity index (χ3v) is 4.75. The van der Waals surface area contributed by atoms with Gasteiger partial charge in [-0.3, -0.25) is 9.59 Å². The lowest BCUT2D eigenvalue weighted by Gasteiger charge is -2.18. The van der Waals surface area contributed by atoms with Gasteiger partial charge in [-0.25, -0.2) is 0 Å². The fourth-order valence-electron chi connectivity index (χ4n) is 2.77. The second-order valence-corrected chi connectivity index (χ2v) is 6.15. The number of benzene rings is 1. The Hall–Kier alpha value is -3.18. The molecule has 0 fully saturated rings. The van der Waals surface area contributed by atoms with Gasteiger partial charge in [0.25, 0.3) is 5.91 Å². The van der Waals surface area contributed by atoms with Crippen molar-refractivity contribution in [2.45, 2.75) is 13.1 Å². The maximum atomic E-state index is 12.6. The monoisotopic (exact) mass is 337 g/mol. The molecule has 4 rings (SSSR count). The predicted octanol–water partition coefficient (Wildman–Crippen LogP) is 1.85. The van der Waals surface area contributed by atoms with Crippen molar-refractivity contribution in [3.8, 4) is 6.07 Å². The number of anilines is 1. The fraction of sp³-hybridized carbons (Fsp3) is 0.125. The Morgan fingerprint density at radius 2 is 2.25 bits per heavy atom. The standard InChI is InChI=1S/C16H11N5O2S/c17-6-9-5-11(12-7-18-14(22)8-21(9)12)19-16(23)15-10-3-1-2-4-13(10)24-20-15/h1-5H,7-8H2,(H,18,22)(H,19,23). The van der Waals surface area contributed by atoms with Gasteiger partial charge in [0, 0.05) is 5.39 Å². The Morgan fingerprint density at radius 3 is 3.08 bits per heavy atom. The Morgan fingerprint density at radius 1 is 1.42 bits per heavy atom. The van der Waals surface area contributed by atoms with Gasteiger partial charge in [-0.2, -0.15) is 9.64 Å². The number of nitriles is 1. The van der Waals surface area contributed by atoms with Crippen LogP contribution < -0.4 is 10.6 Å². The highest BCUT2D eigenvalue weighted by molar-refractivity contribution is 7.13. The summed E-state index contributed by atoms with van der Waals surface area (Å²) in [6.07, 6.45) is 0. The highest BCUT2D eigenvalue weighted by Gasteiger charge is 2.24. The summed E-state index contributed by atoms with van der Waals surface area (Å²) in [6, 6.07) is 11.2. The van der Waals surface area contributed by atoms with Crippen molar-refractivity contribution in [1.82, 2.24) is 14.3 Å². The molecule has 8 heteroatoms. The minimum Gasteiger partial charge on any atom is -0.349 e. The quantitative estimate of drug-likeness (QED) is 0.745. The first-order chi connectivity index (χ1) is 11.7. The van der Waals surface area contributed by atoms with Crippen LogP contribution in [-0.4, -0.2) is 20.8 Å². The molecule has 3 heterocycles. The smallest absolute Gasteiger partial charge is 0.276 e. The van der Waals surface area contributed by atoms with Gasteiger partial charge >= 0.3 is 0 Å². The number of fused-ring (bicyclic) bond motifs is 2. The summed E-state index contributed by atoms with van der Waals surface area (Å²) in [7, 11) is 0. The average molecular weight is 337 g/mol. The van der Waals surface area contributed by atoms with Crippen LogP contribution in [0.1, 0.15) is 21.9 Å². The van der Waals surface area contributed by atoms with Crippen LogP contribution >= 0.6 is 11.5 Å². The lowest BCUT2D eigenvalue weighted by atomic mass is 10.2. The average Bonchev–Trinajstić information content (AvgIpc) is 3.16. The minimum absolute atomic E-state index is 0.0771. The topological polar surface area (TPSA) is 99.8 Å². The second-order valence-electron chi connectivity index (χ2n) is 5.35. The van der Waals surface area contributed by atoms with Crippen LogP contribution in [0, 0.1) is 11.3 Å². The van der Waals surface area contributed by atoms with Crippen molar-refractivity contribution in [1.29, 1.82) is 5.26 Å². The second kappa shape index (κ2) is 5.47. The summed E-state index contributed by atoms with van der Waals surface area (Å²) in [5.41, 5.74) is 1.93. The number of nitrogens with one attached hydrogen (secondary N) is 2. The maximum absolute atomic E-state index is 12.6. The molecule has 24 heavy (non-hydrogen) atoms. The van der Waals surface area contributed by atoms with Crippen LogP contribution in [0.4, 0.5) is 5.69 Å². The van der Waals surface area contributed by atoms with E-state index in [0.29, 0.717) is 22.8 Å². The number of amides is 2. The van der Waals surface area contributed by atoms with Crippen LogP contribution in [0.3, 0.4) is 0 Å². The van der Waals surface area contributed by atoms with E-state index in [2.05, 4.69) is 21.1 Å². The molecule has 118 valence electrons. The van der Waals surface area contributed by atoms with Crippen molar-refractivity contribution in [2.75, 3.05) is 5.32 Å². The van der Waals surface area contributed by atoms with E-state index in [1.807, 2.05) is 24.3 Å². The molecule has 0 bridgehead atoms. The number of carbonyl (C=O) groups is 2. The van der Waals surface area contributed by atoms with Crippen molar-refractivity contribution in [3.63, 3.8) is 0 Å². The van der Waals surface area contributed by atoms with Crippen LogP contribution in [0.2, 0.25) is 0 Å². The van der Waals surface area contributed by atoms with E-state index in [1.54, 1.807) is 10.6 Å². The molecule has 3 aromatic rings. The zero-order valence-electron chi connectivity index (χ0n) is 12.4. The molecule has 0 radical (unpaired) electrons. The molecule has 2 N–H and O–H groups in total. The molecule has 0 saturated carbocycles. The molecule has 1 aliphatic heterocycles. The Bertz CT molecular complexity index is 1030. The summed E-state index contributed by atoms with van der Waals surface area (Å²) < 4.78 is 6.79. The number of hydrogen-bond donors (Lipinski definition) is 2. The Labute approximate surface area is 140 Å². The van der Waals surface area contributed by atoms with Crippen molar-refractivity contribution in [2.24, 2.45) is 0 Å². The molecule has 1 aliphatic rings. The lowest BCUT2D eigenvalue weighted by molar-refractivity contribution is -0.122. The first kappa shape index (κ1) is 14.4. The zero-order valence-corrected chi connectivity index (χ0v) is 13.2. The van der Waals surface area contributed by atoms with Gasteiger partial charge in [-0.15, -0.1) is 0 Å². The molecule has 0 aliphatic carbocycles. The first-order valence-electron chi connectivity index (χ1n) is 7.22. The number of carbonyl (C=O) groups excluding carboxylic acids is 2. The molecule has 0 unspecified atom stereocenters. The summed E-state index contributed by atoms with van der Waals surface area (Å²) in [4.78, 5) is 24.1. The van der Waals surface area contributed by atoms with E-state index in [9.17, 15) is 14.9 Å². The number of nitrogens with zero attached hydrogens (tertiary/aromatic N) is 3. The maximum Gasteiger partial charge on any atom is 0.276 e. The van der Waals surface area contributed by atoms with E-state index in [-0.39, 0.29) is 24.9 Å². The van der Waals surface area contributed by atoms with Gasteiger partial charge in [0.15, 0.2) is 0 Å². The van der Waals surface area contributed by atoms with Crippen LogP contribution in [0.15, 0.2) is 30.3 Å². The third-order valence-electron chi connectivity index (χ3n) is 3.92. The van der Waals surface area contributed by atoms with Crippen LogP contribution in [0.5, 0.6) is 0 Å². The summed E-state index contributed by atoms with van der Waals surface area (Å²) in [5, 5.41) is 15.6. The third kappa shape index (κ3) is 2.23. The highest BCUT2D eigenvalue weighted by Crippen LogP contribution is 2.26. The van der Waals surface area contributed by atoms with Gasteiger partial charge in [0.2, 0.25) is 5.91 Å². The van der Waals surface area contributed by atoms with E-state index in [0.717, 1.165) is 10.1 Å². The van der Waals surface area contributed by atoms with Gasteiger partial charge in [0.1, 0.15) is 24.0 Å². The van der Waals surface area contributed by atoms with Gasteiger partial charge in [0.05, 0.1) is 22.6 Å².